The molecule has 6 heteroatoms. The number of nitrogens with one attached hydrogen (secondary N) is 1. The third kappa shape index (κ3) is 5.86. The number of nitrogens with zero attached hydrogens (tertiary/aromatic N) is 4. The highest BCUT2D eigenvalue weighted by molar-refractivity contribution is 14.0. The summed E-state index contributed by atoms with van der Waals surface area (Å²) in [7, 11) is 0. The molecule has 2 aromatic rings. The highest BCUT2D eigenvalue weighted by Crippen LogP contribution is 2.15. The van der Waals surface area contributed by atoms with E-state index < -0.39 is 0 Å². The van der Waals surface area contributed by atoms with Crippen molar-refractivity contribution in [2.75, 3.05) is 44.2 Å². The van der Waals surface area contributed by atoms with Crippen LogP contribution in [0.3, 0.4) is 0 Å². The van der Waals surface area contributed by atoms with E-state index in [-0.39, 0.29) is 24.0 Å². The maximum atomic E-state index is 4.80. The van der Waals surface area contributed by atoms with E-state index in [4.69, 9.17) is 4.99 Å². The van der Waals surface area contributed by atoms with Gasteiger partial charge in [0.25, 0.3) is 0 Å². The van der Waals surface area contributed by atoms with Crippen LogP contribution in [0.25, 0.3) is 0 Å². The fourth-order valence-corrected chi connectivity index (χ4v) is 3.06. The zero-order chi connectivity index (χ0) is 17.3. The molecule has 0 unspecified atom stereocenters. The molecule has 0 amide bonds. The van der Waals surface area contributed by atoms with Crippen molar-refractivity contribution in [3.8, 4) is 0 Å². The third-order valence-corrected chi connectivity index (χ3v) is 4.39. The molecule has 1 aromatic carbocycles. The van der Waals surface area contributed by atoms with Gasteiger partial charge in [0.05, 0.1) is 0 Å². The van der Waals surface area contributed by atoms with Gasteiger partial charge in [0.1, 0.15) is 0 Å². The summed E-state index contributed by atoms with van der Waals surface area (Å²) in [6, 6.07) is 16.7. The Bertz CT molecular complexity index is 654. The Morgan fingerprint density at radius 2 is 1.77 bits per heavy atom. The van der Waals surface area contributed by atoms with Crippen LogP contribution in [0.2, 0.25) is 0 Å². The number of halogens is 1. The van der Waals surface area contributed by atoms with Crippen molar-refractivity contribution in [2.45, 2.75) is 13.3 Å². The normalized spacial score (nSPS) is 14.7. The molecule has 0 radical (unpaired) electrons. The Hall–Kier alpha value is -1.83. The van der Waals surface area contributed by atoms with Gasteiger partial charge < -0.3 is 15.1 Å². The summed E-state index contributed by atoms with van der Waals surface area (Å²) in [6.07, 6.45) is 2.72. The van der Waals surface area contributed by atoms with Crippen molar-refractivity contribution in [1.82, 2.24) is 15.2 Å². The van der Waals surface area contributed by atoms with E-state index in [0.29, 0.717) is 0 Å². The topological polar surface area (TPSA) is 43.8 Å². The first-order valence-electron chi connectivity index (χ1n) is 9.10. The smallest absolute Gasteiger partial charge is 0.194 e. The Kier molecular flexibility index (Phi) is 8.67. The number of anilines is 1. The Labute approximate surface area is 173 Å². The average Bonchev–Trinajstić information content (AvgIpc) is 2.69. The highest BCUT2D eigenvalue weighted by Gasteiger charge is 2.19. The average molecular weight is 465 g/mol. The Morgan fingerprint density at radius 3 is 2.42 bits per heavy atom. The third-order valence-electron chi connectivity index (χ3n) is 4.39. The number of piperazine rings is 1. The van der Waals surface area contributed by atoms with Crippen LogP contribution in [0.5, 0.6) is 0 Å². The van der Waals surface area contributed by atoms with E-state index >= 15 is 0 Å². The second-order valence-electron chi connectivity index (χ2n) is 6.12. The predicted molar refractivity (Wildman–Crippen MR) is 120 cm³/mol. The van der Waals surface area contributed by atoms with E-state index in [1.54, 1.807) is 0 Å². The lowest BCUT2D eigenvalue weighted by atomic mass is 10.2. The number of aromatic nitrogens is 1. The van der Waals surface area contributed by atoms with Gasteiger partial charge in [-0.25, -0.2) is 0 Å². The van der Waals surface area contributed by atoms with Gasteiger partial charge in [-0.05, 0) is 31.2 Å². The maximum Gasteiger partial charge on any atom is 0.194 e. The lowest BCUT2D eigenvalue weighted by Gasteiger charge is -2.37. The predicted octanol–water partition coefficient (Wildman–Crippen LogP) is 3.03. The number of rotatable bonds is 5. The summed E-state index contributed by atoms with van der Waals surface area (Å²) < 4.78 is 0. The van der Waals surface area contributed by atoms with Crippen LogP contribution in [-0.2, 0) is 6.42 Å². The van der Waals surface area contributed by atoms with Crippen molar-refractivity contribution in [1.29, 1.82) is 0 Å². The molecule has 1 aliphatic rings. The molecule has 140 valence electrons. The van der Waals surface area contributed by atoms with Crippen molar-refractivity contribution >= 4 is 35.6 Å². The van der Waals surface area contributed by atoms with Crippen LogP contribution in [0.1, 0.15) is 12.6 Å². The number of para-hydroxylation sites is 1. The second kappa shape index (κ2) is 11.0. The van der Waals surface area contributed by atoms with E-state index in [1.807, 2.05) is 18.3 Å². The standard InChI is InChI=1S/C20H27N5.HI/c1-2-21-20(23-13-11-18-8-6-7-12-22-18)25-16-14-24(15-17-25)19-9-4-3-5-10-19;/h3-10,12H,2,11,13-17H2,1H3,(H,21,23);1H. The first kappa shape index (κ1) is 20.5. The van der Waals surface area contributed by atoms with Crippen LogP contribution in [0, 0.1) is 0 Å². The largest absolute Gasteiger partial charge is 0.368 e. The number of aliphatic imine (C=N–C) groups is 1. The summed E-state index contributed by atoms with van der Waals surface area (Å²) in [5.74, 6) is 1.02. The highest BCUT2D eigenvalue weighted by atomic mass is 127. The van der Waals surface area contributed by atoms with Crippen molar-refractivity contribution in [2.24, 2.45) is 4.99 Å². The molecule has 2 heterocycles. The minimum atomic E-state index is 0. The molecule has 3 rings (SSSR count). The Morgan fingerprint density at radius 1 is 1.04 bits per heavy atom. The van der Waals surface area contributed by atoms with E-state index in [9.17, 15) is 0 Å². The molecule has 0 aliphatic carbocycles. The Balaban J connectivity index is 0.00000243. The molecule has 0 spiro atoms. The number of pyridine rings is 1. The molecule has 1 fully saturated rings. The molecular formula is C20H28IN5. The minimum absolute atomic E-state index is 0. The van der Waals surface area contributed by atoms with E-state index in [2.05, 4.69) is 63.4 Å². The van der Waals surface area contributed by atoms with Gasteiger partial charge in [-0.1, -0.05) is 24.3 Å². The van der Waals surface area contributed by atoms with E-state index in [0.717, 1.165) is 57.3 Å². The minimum Gasteiger partial charge on any atom is -0.368 e. The van der Waals surface area contributed by atoms with Crippen LogP contribution in [-0.4, -0.2) is 55.1 Å². The van der Waals surface area contributed by atoms with Crippen molar-refractivity contribution in [3.05, 3.63) is 60.4 Å². The monoisotopic (exact) mass is 465 g/mol. The second-order valence-corrected chi connectivity index (χ2v) is 6.12. The molecule has 1 N–H and O–H groups in total. The molecule has 0 bridgehead atoms. The van der Waals surface area contributed by atoms with Gasteiger partial charge >= 0.3 is 0 Å². The molecular weight excluding hydrogens is 437 g/mol. The van der Waals surface area contributed by atoms with Gasteiger partial charge in [-0.15, -0.1) is 24.0 Å². The van der Waals surface area contributed by atoms with Crippen molar-refractivity contribution < 1.29 is 0 Å². The van der Waals surface area contributed by atoms with Crippen LogP contribution < -0.4 is 10.2 Å². The zero-order valence-electron chi connectivity index (χ0n) is 15.3. The fraction of sp³-hybridized carbons (Fsp3) is 0.400. The number of hydrogen-bond acceptors (Lipinski definition) is 3. The summed E-state index contributed by atoms with van der Waals surface area (Å²) in [4.78, 5) is 14.0. The van der Waals surface area contributed by atoms with E-state index in [1.165, 1.54) is 5.69 Å². The van der Waals surface area contributed by atoms with Gasteiger partial charge in [0.2, 0.25) is 0 Å². The molecule has 1 aromatic heterocycles. The van der Waals surface area contributed by atoms with Crippen LogP contribution >= 0.6 is 24.0 Å². The zero-order valence-corrected chi connectivity index (χ0v) is 17.7. The lowest BCUT2D eigenvalue weighted by molar-refractivity contribution is 0.372. The van der Waals surface area contributed by atoms with Gasteiger partial charge in [0, 0.05) is 63.3 Å². The van der Waals surface area contributed by atoms with Gasteiger partial charge in [-0.2, -0.15) is 0 Å². The number of benzene rings is 1. The maximum absolute atomic E-state index is 4.80. The molecule has 1 saturated heterocycles. The first-order valence-corrected chi connectivity index (χ1v) is 9.10. The molecule has 5 nitrogen and oxygen atoms in total. The number of guanidine groups is 1. The quantitative estimate of drug-likeness (QED) is 0.419. The summed E-state index contributed by atoms with van der Waals surface area (Å²) >= 11 is 0. The summed E-state index contributed by atoms with van der Waals surface area (Å²) in [5.41, 5.74) is 2.40. The lowest BCUT2D eigenvalue weighted by Crippen LogP contribution is -2.52. The van der Waals surface area contributed by atoms with Gasteiger partial charge in [-0.3, -0.25) is 9.98 Å². The first-order chi connectivity index (χ1) is 12.4. The summed E-state index contributed by atoms with van der Waals surface area (Å²) in [6.45, 7) is 7.80. The van der Waals surface area contributed by atoms with Crippen molar-refractivity contribution in [3.63, 3.8) is 0 Å². The van der Waals surface area contributed by atoms with Crippen LogP contribution in [0.15, 0.2) is 59.7 Å². The summed E-state index contributed by atoms with van der Waals surface area (Å²) in [5, 5.41) is 3.43. The molecule has 0 atom stereocenters. The number of hydrogen-bond donors (Lipinski definition) is 1. The molecule has 0 saturated carbocycles. The fourth-order valence-electron chi connectivity index (χ4n) is 3.06. The van der Waals surface area contributed by atoms with Crippen LogP contribution in [0.4, 0.5) is 5.69 Å². The molecule has 26 heavy (non-hydrogen) atoms. The van der Waals surface area contributed by atoms with Gasteiger partial charge in [0.15, 0.2) is 5.96 Å². The SMILES string of the molecule is CCNC(=NCCc1ccccn1)N1CCN(c2ccccc2)CC1.I. The molecule has 1 aliphatic heterocycles.